The Labute approximate surface area is 116 Å². The molecule has 1 saturated carbocycles. The minimum absolute atomic E-state index is 0.684. The Morgan fingerprint density at radius 3 is 2.53 bits per heavy atom. The van der Waals surface area contributed by atoms with E-state index in [0.29, 0.717) is 12.0 Å². The van der Waals surface area contributed by atoms with Crippen LogP contribution >= 0.6 is 0 Å². The molecule has 0 radical (unpaired) electrons. The van der Waals surface area contributed by atoms with Crippen LogP contribution in [0.2, 0.25) is 0 Å². The van der Waals surface area contributed by atoms with Gasteiger partial charge in [-0.3, -0.25) is 0 Å². The number of aromatic nitrogens is 2. The summed E-state index contributed by atoms with van der Waals surface area (Å²) in [6, 6.07) is 0.684. The van der Waals surface area contributed by atoms with Gasteiger partial charge in [0.05, 0.1) is 5.69 Å². The number of hydrogen-bond donors (Lipinski definition) is 1. The lowest BCUT2D eigenvalue weighted by atomic mass is 9.97. The highest BCUT2D eigenvalue weighted by atomic mass is 15.3. The molecule has 2 fully saturated rings. The van der Waals surface area contributed by atoms with Gasteiger partial charge in [-0.25, -0.2) is 4.98 Å². The van der Waals surface area contributed by atoms with E-state index in [1.165, 1.54) is 44.5 Å². The molecule has 0 unspecified atom stereocenters. The Kier molecular flexibility index (Phi) is 3.78. The van der Waals surface area contributed by atoms with Gasteiger partial charge in [0, 0.05) is 25.3 Å². The molecule has 2 N–H and O–H groups in total. The highest BCUT2D eigenvalue weighted by molar-refractivity contribution is 5.35. The van der Waals surface area contributed by atoms with Crippen LogP contribution in [0.5, 0.6) is 0 Å². The van der Waals surface area contributed by atoms with Gasteiger partial charge in [0.2, 0.25) is 5.95 Å². The normalized spacial score (nSPS) is 22.3. The summed E-state index contributed by atoms with van der Waals surface area (Å²) in [6.07, 6.45) is 10.1. The van der Waals surface area contributed by atoms with Gasteiger partial charge in [-0.15, -0.1) is 0 Å². The summed E-state index contributed by atoms with van der Waals surface area (Å²) in [5.41, 5.74) is 6.94. The summed E-state index contributed by atoms with van der Waals surface area (Å²) in [4.78, 5) is 7.26. The Balaban J connectivity index is 1.76. The first-order valence-corrected chi connectivity index (χ1v) is 7.78. The van der Waals surface area contributed by atoms with Crippen molar-refractivity contribution in [1.29, 1.82) is 0 Å². The molecule has 4 heteroatoms. The molecular formula is C15H26N4. The van der Waals surface area contributed by atoms with Gasteiger partial charge in [-0.2, -0.15) is 0 Å². The van der Waals surface area contributed by atoms with E-state index >= 15 is 0 Å². The monoisotopic (exact) mass is 262 g/mol. The Morgan fingerprint density at radius 1 is 1.21 bits per heavy atom. The van der Waals surface area contributed by atoms with Crippen LogP contribution in [0.1, 0.15) is 50.3 Å². The van der Waals surface area contributed by atoms with Crippen molar-refractivity contribution in [2.45, 2.75) is 51.5 Å². The Morgan fingerprint density at radius 2 is 1.89 bits per heavy atom. The van der Waals surface area contributed by atoms with Crippen LogP contribution in [0.25, 0.3) is 0 Å². The minimum Gasteiger partial charge on any atom is -0.342 e. The summed E-state index contributed by atoms with van der Waals surface area (Å²) >= 11 is 0. The summed E-state index contributed by atoms with van der Waals surface area (Å²) in [7, 11) is 0. The number of hydrogen-bond acceptors (Lipinski definition) is 3. The predicted octanol–water partition coefficient (Wildman–Crippen LogP) is 2.48. The van der Waals surface area contributed by atoms with Gasteiger partial charge < -0.3 is 15.2 Å². The van der Waals surface area contributed by atoms with Crippen molar-refractivity contribution in [2.24, 2.45) is 11.7 Å². The zero-order valence-electron chi connectivity index (χ0n) is 12.0. The van der Waals surface area contributed by atoms with Crippen molar-refractivity contribution in [2.75, 3.05) is 24.5 Å². The first-order chi connectivity index (χ1) is 9.28. The Bertz CT molecular complexity index is 412. The van der Waals surface area contributed by atoms with Gasteiger partial charge in [0.25, 0.3) is 0 Å². The van der Waals surface area contributed by atoms with Crippen molar-refractivity contribution < 1.29 is 0 Å². The highest BCUT2D eigenvalue weighted by Crippen LogP contribution is 2.34. The third kappa shape index (κ3) is 2.64. The third-order valence-corrected chi connectivity index (χ3v) is 4.78. The van der Waals surface area contributed by atoms with E-state index in [1.807, 2.05) is 0 Å². The summed E-state index contributed by atoms with van der Waals surface area (Å²) in [5.74, 6) is 1.92. The van der Waals surface area contributed by atoms with E-state index < -0.39 is 0 Å². The van der Waals surface area contributed by atoms with Gasteiger partial charge in [0.15, 0.2) is 0 Å². The Hall–Kier alpha value is -1.03. The molecule has 4 nitrogen and oxygen atoms in total. The molecule has 106 valence electrons. The molecule has 1 aromatic rings. The first-order valence-electron chi connectivity index (χ1n) is 7.78. The molecule has 19 heavy (non-hydrogen) atoms. The van der Waals surface area contributed by atoms with Gasteiger partial charge in [0.1, 0.15) is 0 Å². The van der Waals surface area contributed by atoms with Crippen molar-refractivity contribution in [3.05, 3.63) is 11.9 Å². The molecule has 2 aliphatic rings. The lowest BCUT2D eigenvalue weighted by Gasteiger charge is -2.33. The molecule has 0 atom stereocenters. The molecule has 3 rings (SSSR count). The topological polar surface area (TPSA) is 47.1 Å². The molecule has 1 aliphatic heterocycles. The molecule has 0 bridgehead atoms. The van der Waals surface area contributed by atoms with Crippen molar-refractivity contribution in [3.63, 3.8) is 0 Å². The predicted molar refractivity (Wildman–Crippen MR) is 78.5 cm³/mol. The van der Waals surface area contributed by atoms with Crippen LogP contribution in [0.3, 0.4) is 0 Å². The molecule has 2 heterocycles. The number of imidazole rings is 1. The first kappa shape index (κ1) is 13.0. The van der Waals surface area contributed by atoms with Crippen molar-refractivity contribution >= 4 is 5.95 Å². The van der Waals surface area contributed by atoms with Crippen molar-refractivity contribution in [1.82, 2.24) is 9.55 Å². The second-order valence-corrected chi connectivity index (χ2v) is 6.19. The van der Waals surface area contributed by atoms with Crippen LogP contribution in [-0.2, 0) is 0 Å². The second kappa shape index (κ2) is 5.53. The molecule has 0 amide bonds. The molecule has 1 aromatic heterocycles. The molecule has 1 aliphatic carbocycles. The minimum atomic E-state index is 0.684. The standard InChI is InChI=1S/C15H26N4/c1-12-11-19(14-4-2-3-5-14)15(17-12)18-8-6-13(10-16)7-9-18/h11,13-14H,2-10,16H2,1H3. The summed E-state index contributed by atoms with van der Waals surface area (Å²) < 4.78 is 2.45. The number of piperidine rings is 1. The lowest BCUT2D eigenvalue weighted by molar-refractivity contribution is 0.403. The summed E-state index contributed by atoms with van der Waals surface area (Å²) in [6.45, 7) is 5.18. The fourth-order valence-corrected chi connectivity index (χ4v) is 3.56. The fourth-order valence-electron chi connectivity index (χ4n) is 3.56. The van der Waals surface area contributed by atoms with Crippen molar-refractivity contribution in [3.8, 4) is 0 Å². The van der Waals surface area contributed by atoms with Crippen LogP contribution in [-0.4, -0.2) is 29.2 Å². The number of aryl methyl sites for hydroxylation is 1. The molecule has 1 saturated heterocycles. The summed E-state index contributed by atoms with van der Waals surface area (Å²) in [5, 5.41) is 0. The average Bonchev–Trinajstić information content (AvgIpc) is 3.07. The number of nitrogens with two attached hydrogens (primary N) is 1. The van der Waals surface area contributed by atoms with Gasteiger partial charge in [-0.1, -0.05) is 12.8 Å². The van der Waals surface area contributed by atoms with Crippen LogP contribution in [0.15, 0.2) is 6.20 Å². The van der Waals surface area contributed by atoms with Crippen LogP contribution in [0, 0.1) is 12.8 Å². The number of anilines is 1. The lowest BCUT2D eigenvalue weighted by Crippen LogP contribution is -2.37. The van der Waals surface area contributed by atoms with E-state index in [2.05, 4.69) is 22.6 Å². The molecule has 0 spiro atoms. The van der Waals surface area contributed by atoms with E-state index in [4.69, 9.17) is 10.7 Å². The van der Waals surface area contributed by atoms with E-state index in [1.54, 1.807) is 0 Å². The second-order valence-electron chi connectivity index (χ2n) is 6.19. The van der Waals surface area contributed by atoms with E-state index in [0.717, 1.165) is 25.3 Å². The largest absolute Gasteiger partial charge is 0.342 e. The maximum absolute atomic E-state index is 5.78. The van der Waals surface area contributed by atoms with Crippen LogP contribution < -0.4 is 10.6 Å². The number of nitrogens with zero attached hydrogens (tertiary/aromatic N) is 3. The quantitative estimate of drug-likeness (QED) is 0.910. The SMILES string of the molecule is Cc1cn(C2CCCC2)c(N2CCC(CN)CC2)n1. The van der Waals surface area contributed by atoms with Gasteiger partial charge >= 0.3 is 0 Å². The fraction of sp³-hybridized carbons (Fsp3) is 0.800. The molecule has 0 aromatic carbocycles. The number of rotatable bonds is 3. The van der Waals surface area contributed by atoms with Crippen LogP contribution in [0.4, 0.5) is 5.95 Å². The van der Waals surface area contributed by atoms with E-state index in [9.17, 15) is 0 Å². The highest BCUT2D eigenvalue weighted by Gasteiger charge is 2.25. The third-order valence-electron chi connectivity index (χ3n) is 4.78. The maximum atomic E-state index is 5.78. The van der Waals surface area contributed by atoms with E-state index in [-0.39, 0.29) is 0 Å². The zero-order chi connectivity index (χ0) is 13.2. The molecular weight excluding hydrogens is 236 g/mol. The zero-order valence-corrected chi connectivity index (χ0v) is 12.0. The maximum Gasteiger partial charge on any atom is 0.205 e. The average molecular weight is 262 g/mol. The smallest absolute Gasteiger partial charge is 0.205 e. The van der Waals surface area contributed by atoms with Gasteiger partial charge in [-0.05, 0) is 45.1 Å².